The zero-order chi connectivity index (χ0) is 18.0. The summed E-state index contributed by atoms with van der Waals surface area (Å²) in [6.07, 6.45) is -3.32. The molecule has 132 valence electrons. The Hall–Kier alpha value is -2.64. The quantitative estimate of drug-likeness (QED) is 0.779. The van der Waals surface area contributed by atoms with Crippen LogP contribution in [0.5, 0.6) is 0 Å². The van der Waals surface area contributed by atoms with Gasteiger partial charge in [0.1, 0.15) is 11.6 Å². The van der Waals surface area contributed by atoms with Crippen LogP contribution in [0, 0.1) is 5.82 Å². The van der Waals surface area contributed by atoms with Crippen molar-refractivity contribution in [3.63, 3.8) is 0 Å². The lowest BCUT2D eigenvalue weighted by Gasteiger charge is -2.35. The van der Waals surface area contributed by atoms with Gasteiger partial charge in [0.2, 0.25) is 0 Å². The number of anilines is 1. The number of hydrogen-bond acceptors (Lipinski definition) is 3. The SMILES string of the molecule is O=C(N1CCN(c2ccc(-c3ccccc3F)cn2)CC1)C(F)(F)F. The van der Waals surface area contributed by atoms with Crippen LogP contribution in [0.2, 0.25) is 0 Å². The summed E-state index contributed by atoms with van der Waals surface area (Å²) in [6.45, 7) is 0.478. The predicted molar refractivity (Wildman–Crippen MR) is 84.5 cm³/mol. The number of carbonyl (C=O) groups excluding carboxylic acids is 1. The molecule has 1 amide bonds. The first kappa shape index (κ1) is 17.2. The number of amides is 1. The maximum absolute atomic E-state index is 13.8. The molecule has 0 unspecified atom stereocenters. The molecule has 1 aliphatic heterocycles. The second-order valence-electron chi connectivity index (χ2n) is 5.66. The van der Waals surface area contributed by atoms with Crippen molar-refractivity contribution in [1.82, 2.24) is 9.88 Å². The van der Waals surface area contributed by atoms with Gasteiger partial charge in [-0.25, -0.2) is 9.37 Å². The largest absolute Gasteiger partial charge is 0.471 e. The molecule has 0 N–H and O–H groups in total. The third-order valence-electron chi connectivity index (χ3n) is 4.07. The Morgan fingerprint density at radius 2 is 1.68 bits per heavy atom. The first-order valence-electron chi connectivity index (χ1n) is 7.68. The van der Waals surface area contributed by atoms with E-state index in [1.165, 1.54) is 12.3 Å². The minimum absolute atomic E-state index is 0.0188. The van der Waals surface area contributed by atoms with Crippen LogP contribution in [0.25, 0.3) is 11.1 Å². The summed E-state index contributed by atoms with van der Waals surface area (Å²) in [5.41, 5.74) is 1.05. The number of alkyl halides is 3. The number of benzene rings is 1. The Labute approximate surface area is 141 Å². The first-order valence-corrected chi connectivity index (χ1v) is 7.68. The predicted octanol–water partition coefficient (Wildman–Crippen LogP) is 3.10. The van der Waals surface area contributed by atoms with Gasteiger partial charge in [0.05, 0.1) is 0 Å². The first-order chi connectivity index (χ1) is 11.9. The van der Waals surface area contributed by atoms with Crippen LogP contribution in [0.3, 0.4) is 0 Å². The number of halogens is 4. The monoisotopic (exact) mass is 353 g/mol. The van der Waals surface area contributed by atoms with Crippen LogP contribution < -0.4 is 4.90 Å². The molecule has 1 aromatic heterocycles. The highest BCUT2D eigenvalue weighted by Gasteiger charge is 2.43. The fraction of sp³-hybridized carbons (Fsp3) is 0.294. The molecular weight excluding hydrogens is 338 g/mol. The Balaban J connectivity index is 1.67. The maximum atomic E-state index is 13.8. The zero-order valence-electron chi connectivity index (χ0n) is 13.1. The van der Waals surface area contributed by atoms with Gasteiger partial charge in [0.15, 0.2) is 0 Å². The lowest BCUT2D eigenvalue weighted by Crippen LogP contribution is -2.52. The Morgan fingerprint density at radius 1 is 1.00 bits per heavy atom. The molecule has 1 fully saturated rings. The fourth-order valence-corrected chi connectivity index (χ4v) is 2.75. The van der Waals surface area contributed by atoms with E-state index in [-0.39, 0.29) is 32.0 Å². The molecule has 0 aliphatic carbocycles. The van der Waals surface area contributed by atoms with Gasteiger partial charge in [-0.1, -0.05) is 18.2 Å². The lowest BCUT2D eigenvalue weighted by atomic mass is 10.1. The number of aromatic nitrogens is 1. The van der Waals surface area contributed by atoms with Crippen LogP contribution in [-0.2, 0) is 4.79 Å². The van der Waals surface area contributed by atoms with Crippen LogP contribution >= 0.6 is 0 Å². The summed E-state index contributed by atoms with van der Waals surface area (Å²) < 4.78 is 51.1. The van der Waals surface area contributed by atoms with Crippen molar-refractivity contribution in [3.8, 4) is 11.1 Å². The summed E-state index contributed by atoms with van der Waals surface area (Å²) in [5, 5.41) is 0. The molecule has 2 heterocycles. The van der Waals surface area contributed by atoms with E-state index < -0.39 is 12.1 Å². The molecule has 0 saturated carbocycles. The molecule has 2 aromatic rings. The van der Waals surface area contributed by atoms with E-state index in [2.05, 4.69) is 4.98 Å². The minimum Gasteiger partial charge on any atom is -0.353 e. The molecule has 8 heteroatoms. The third kappa shape index (κ3) is 3.72. The van der Waals surface area contributed by atoms with Crippen LogP contribution in [0.1, 0.15) is 0 Å². The molecule has 0 bridgehead atoms. The molecule has 0 radical (unpaired) electrons. The molecule has 1 aromatic carbocycles. The van der Waals surface area contributed by atoms with E-state index in [9.17, 15) is 22.4 Å². The number of carbonyl (C=O) groups is 1. The fourth-order valence-electron chi connectivity index (χ4n) is 2.75. The Bertz CT molecular complexity index is 753. The average Bonchev–Trinajstić information content (AvgIpc) is 2.61. The summed E-state index contributed by atoms with van der Waals surface area (Å²) >= 11 is 0. The molecule has 0 atom stereocenters. The van der Waals surface area contributed by atoms with Gasteiger partial charge in [-0.3, -0.25) is 4.79 Å². The molecule has 4 nitrogen and oxygen atoms in total. The molecule has 25 heavy (non-hydrogen) atoms. The van der Waals surface area contributed by atoms with E-state index in [1.807, 2.05) is 0 Å². The molecule has 1 aliphatic rings. The summed E-state index contributed by atoms with van der Waals surface area (Å²) in [4.78, 5) is 18.1. The van der Waals surface area contributed by atoms with E-state index >= 15 is 0 Å². The molecule has 3 rings (SSSR count). The zero-order valence-corrected chi connectivity index (χ0v) is 13.1. The van der Waals surface area contributed by atoms with Crippen molar-refractivity contribution in [2.24, 2.45) is 0 Å². The summed E-state index contributed by atoms with van der Waals surface area (Å²) in [5.74, 6) is -1.58. The van der Waals surface area contributed by atoms with Crippen molar-refractivity contribution in [3.05, 3.63) is 48.4 Å². The molecule has 0 spiro atoms. The van der Waals surface area contributed by atoms with Gasteiger partial charge in [-0.15, -0.1) is 0 Å². The standard InChI is InChI=1S/C17H15F4N3O/c18-14-4-2-1-3-13(14)12-5-6-15(22-11-12)23-7-9-24(10-8-23)16(25)17(19,20)21/h1-6,11H,7-10H2. The van der Waals surface area contributed by atoms with Crippen LogP contribution in [-0.4, -0.2) is 48.1 Å². The summed E-state index contributed by atoms with van der Waals surface area (Å²) in [7, 11) is 0. The highest BCUT2D eigenvalue weighted by atomic mass is 19.4. The Morgan fingerprint density at radius 3 is 2.24 bits per heavy atom. The molecular formula is C17H15F4N3O. The third-order valence-corrected chi connectivity index (χ3v) is 4.07. The number of rotatable bonds is 2. The van der Waals surface area contributed by atoms with Crippen molar-refractivity contribution in [2.75, 3.05) is 31.1 Å². The number of pyridine rings is 1. The number of piperazine rings is 1. The number of nitrogens with zero attached hydrogens (tertiary/aromatic N) is 3. The smallest absolute Gasteiger partial charge is 0.353 e. The van der Waals surface area contributed by atoms with Gasteiger partial charge in [-0.05, 0) is 18.2 Å². The van der Waals surface area contributed by atoms with Crippen LogP contribution in [0.15, 0.2) is 42.6 Å². The van der Waals surface area contributed by atoms with Crippen LogP contribution in [0.4, 0.5) is 23.4 Å². The van der Waals surface area contributed by atoms with Crippen molar-refractivity contribution in [2.45, 2.75) is 6.18 Å². The van der Waals surface area contributed by atoms with Gasteiger partial charge in [0, 0.05) is 43.5 Å². The lowest BCUT2D eigenvalue weighted by molar-refractivity contribution is -0.185. The highest BCUT2D eigenvalue weighted by molar-refractivity contribution is 5.82. The summed E-state index contributed by atoms with van der Waals surface area (Å²) in [6, 6.07) is 9.75. The molecule has 1 saturated heterocycles. The Kier molecular flexibility index (Phi) is 4.61. The van der Waals surface area contributed by atoms with Gasteiger partial charge in [-0.2, -0.15) is 13.2 Å². The second-order valence-corrected chi connectivity index (χ2v) is 5.66. The van der Waals surface area contributed by atoms with Gasteiger partial charge >= 0.3 is 12.1 Å². The van der Waals surface area contributed by atoms with E-state index in [1.54, 1.807) is 35.2 Å². The minimum atomic E-state index is -4.85. The maximum Gasteiger partial charge on any atom is 0.471 e. The second kappa shape index (κ2) is 6.70. The normalized spacial score (nSPS) is 15.4. The van der Waals surface area contributed by atoms with Gasteiger partial charge < -0.3 is 9.80 Å². The van der Waals surface area contributed by atoms with E-state index in [4.69, 9.17) is 0 Å². The van der Waals surface area contributed by atoms with Gasteiger partial charge in [0.25, 0.3) is 0 Å². The number of hydrogen-bond donors (Lipinski definition) is 0. The average molecular weight is 353 g/mol. The van der Waals surface area contributed by atoms with E-state index in [0.717, 1.165) is 4.90 Å². The topological polar surface area (TPSA) is 36.4 Å². The van der Waals surface area contributed by atoms with Crippen molar-refractivity contribution < 1.29 is 22.4 Å². The highest BCUT2D eigenvalue weighted by Crippen LogP contribution is 2.25. The van der Waals surface area contributed by atoms with E-state index in [0.29, 0.717) is 16.9 Å². The van der Waals surface area contributed by atoms with Crippen molar-refractivity contribution in [1.29, 1.82) is 0 Å². The van der Waals surface area contributed by atoms with Crippen molar-refractivity contribution >= 4 is 11.7 Å².